The SMILES string of the molecule is CC(CCO)NCc1cc(N(C)C)c2c(c1O)C(O)=C1C(=O)[C@]3(O)C(O)=C(C(N)=O)C(=O)C(N(C)C)[C@@H]3C[C@H]1C2. The topological polar surface area (TPSA) is 197 Å². The number of Topliss-reactive ketones (excluding diaryl/α,β-unsaturated/α-hetero) is 2. The van der Waals surface area contributed by atoms with Gasteiger partial charge in [-0.05, 0) is 57.8 Å². The van der Waals surface area contributed by atoms with Crippen molar-refractivity contribution >= 4 is 28.9 Å². The number of phenols is 1. The Morgan fingerprint density at radius 1 is 1.20 bits per heavy atom. The molecule has 1 aromatic carbocycles. The van der Waals surface area contributed by atoms with Gasteiger partial charge < -0.3 is 41.5 Å². The molecule has 4 rings (SSSR count). The lowest BCUT2D eigenvalue weighted by Gasteiger charge is -2.50. The van der Waals surface area contributed by atoms with Crippen LogP contribution in [0.4, 0.5) is 5.69 Å². The van der Waals surface area contributed by atoms with Gasteiger partial charge in [-0.3, -0.25) is 19.3 Å². The van der Waals surface area contributed by atoms with Crippen molar-refractivity contribution in [2.45, 2.75) is 50.4 Å². The number of phenolic OH excluding ortho intramolecular Hbond substituents is 1. The smallest absolute Gasteiger partial charge is 0.255 e. The van der Waals surface area contributed by atoms with E-state index in [1.807, 2.05) is 25.9 Å². The van der Waals surface area contributed by atoms with Gasteiger partial charge in [-0.25, -0.2) is 0 Å². The highest BCUT2D eigenvalue weighted by Crippen LogP contribution is 2.54. The summed E-state index contributed by atoms with van der Waals surface area (Å²) in [5, 5.41) is 58.0. The number of likely N-dealkylation sites (N-methyl/N-ethyl adjacent to an activating group) is 1. The maximum Gasteiger partial charge on any atom is 0.255 e. The van der Waals surface area contributed by atoms with Gasteiger partial charge in [-0.1, -0.05) is 0 Å². The largest absolute Gasteiger partial charge is 0.508 e. The Hall–Kier alpha value is -3.45. The highest BCUT2D eigenvalue weighted by molar-refractivity contribution is 6.24. The molecule has 0 aliphatic heterocycles. The van der Waals surface area contributed by atoms with Crippen LogP contribution < -0.4 is 16.0 Å². The highest BCUT2D eigenvalue weighted by atomic mass is 16.3. The lowest BCUT2D eigenvalue weighted by molar-refractivity contribution is -0.153. The van der Waals surface area contributed by atoms with E-state index in [9.17, 15) is 39.9 Å². The standard InChI is InChI=1S/C28H38N4O8/c1-12(6-7-33)30-11-14-10-17(31(2)3)15-8-13-9-16-21(32(4)5)24(36)20(27(29)39)26(38)28(16,40)25(37)18(13)23(35)19(15)22(14)34/h10,12-13,16,21,30,33-35,38,40H,6-9,11H2,1-5H3,(H2,29,39)/t12?,13-,16+,21?,28+/m1/s1. The predicted octanol–water partition coefficient (Wildman–Crippen LogP) is -0.109. The van der Waals surface area contributed by atoms with Crippen molar-refractivity contribution in [3.8, 4) is 5.75 Å². The van der Waals surface area contributed by atoms with Gasteiger partial charge >= 0.3 is 0 Å². The van der Waals surface area contributed by atoms with E-state index in [-0.39, 0.29) is 48.9 Å². The summed E-state index contributed by atoms with van der Waals surface area (Å²) in [7, 11) is 6.75. The first-order valence-corrected chi connectivity index (χ1v) is 13.2. The van der Waals surface area contributed by atoms with Gasteiger partial charge in [-0.2, -0.15) is 0 Å². The number of nitrogens with zero attached hydrogens (tertiary/aromatic N) is 2. The molecule has 3 aliphatic carbocycles. The lowest BCUT2D eigenvalue weighted by atomic mass is 9.57. The number of nitrogens with one attached hydrogen (secondary N) is 1. The van der Waals surface area contributed by atoms with Gasteiger partial charge in [0.05, 0.1) is 11.6 Å². The molecule has 1 fully saturated rings. The van der Waals surface area contributed by atoms with Gasteiger partial charge in [0.25, 0.3) is 5.91 Å². The van der Waals surface area contributed by atoms with Gasteiger partial charge in [0.2, 0.25) is 5.78 Å². The summed E-state index contributed by atoms with van der Waals surface area (Å²) < 4.78 is 0. The van der Waals surface area contributed by atoms with Gasteiger partial charge in [0.15, 0.2) is 11.4 Å². The van der Waals surface area contributed by atoms with Crippen LogP contribution in [-0.2, 0) is 27.3 Å². The van der Waals surface area contributed by atoms with Crippen LogP contribution in [-0.4, -0.2) is 100 Å². The first kappa shape index (κ1) is 29.5. The minimum Gasteiger partial charge on any atom is -0.508 e. The number of rotatable bonds is 8. The average molecular weight is 559 g/mol. The molecule has 0 aromatic heterocycles. The van der Waals surface area contributed by atoms with Crippen molar-refractivity contribution in [1.82, 2.24) is 10.2 Å². The van der Waals surface area contributed by atoms with E-state index >= 15 is 0 Å². The Labute approximate surface area is 232 Å². The fourth-order valence-electron chi connectivity index (χ4n) is 6.46. The number of fused-ring (bicyclic) bond motifs is 3. The maximum atomic E-state index is 14.0. The van der Waals surface area contributed by atoms with Crippen molar-refractivity contribution in [2.75, 3.05) is 39.7 Å². The Morgan fingerprint density at radius 3 is 2.40 bits per heavy atom. The zero-order valence-corrected chi connectivity index (χ0v) is 23.4. The van der Waals surface area contributed by atoms with Crippen LogP contribution in [0.5, 0.6) is 5.75 Å². The second-order valence-electron chi connectivity index (χ2n) is 11.4. The van der Waals surface area contributed by atoms with E-state index in [1.54, 1.807) is 20.2 Å². The van der Waals surface area contributed by atoms with Crippen LogP contribution in [0.25, 0.3) is 5.76 Å². The lowest BCUT2D eigenvalue weighted by Crippen LogP contribution is -2.65. The number of carbonyl (C=O) groups is 3. The molecular formula is C28H38N4O8. The van der Waals surface area contributed by atoms with E-state index in [0.717, 1.165) is 0 Å². The molecule has 0 saturated heterocycles. The third-order valence-electron chi connectivity index (χ3n) is 8.46. The summed E-state index contributed by atoms with van der Waals surface area (Å²) in [4.78, 5) is 42.7. The number of hydrogen-bond donors (Lipinski definition) is 7. The fourth-order valence-corrected chi connectivity index (χ4v) is 6.46. The maximum absolute atomic E-state index is 14.0. The number of anilines is 1. The Bertz CT molecular complexity index is 1330. The van der Waals surface area contributed by atoms with Crippen LogP contribution in [0.3, 0.4) is 0 Å². The average Bonchev–Trinajstić information content (AvgIpc) is 2.85. The molecule has 3 aliphatic rings. The molecule has 0 bridgehead atoms. The third-order valence-corrected chi connectivity index (χ3v) is 8.46. The number of benzene rings is 1. The molecule has 5 atom stereocenters. The van der Waals surface area contributed by atoms with Crippen LogP contribution >= 0.6 is 0 Å². The van der Waals surface area contributed by atoms with Gasteiger partial charge in [0, 0.05) is 56.0 Å². The second kappa shape index (κ2) is 10.5. The summed E-state index contributed by atoms with van der Waals surface area (Å²) in [6.45, 7) is 2.09. The number of primary amides is 1. The molecule has 0 spiro atoms. The monoisotopic (exact) mass is 558 g/mol. The van der Waals surface area contributed by atoms with Crippen LogP contribution in [0, 0.1) is 11.8 Å². The van der Waals surface area contributed by atoms with Crippen molar-refractivity contribution in [1.29, 1.82) is 0 Å². The highest BCUT2D eigenvalue weighted by Gasteiger charge is 2.64. The van der Waals surface area contributed by atoms with E-state index in [1.165, 1.54) is 4.90 Å². The molecule has 1 saturated carbocycles. The number of amides is 1. The number of aliphatic hydroxyl groups excluding tert-OH is 3. The molecule has 1 amide bonds. The molecule has 12 nitrogen and oxygen atoms in total. The number of nitrogens with two attached hydrogens (primary N) is 1. The number of carbonyl (C=O) groups excluding carboxylic acids is 3. The molecule has 218 valence electrons. The zero-order valence-electron chi connectivity index (χ0n) is 23.4. The summed E-state index contributed by atoms with van der Waals surface area (Å²) in [6.07, 6.45) is 0.740. The number of aliphatic hydroxyl groups is 4. The van der Waals surface area contributed by atoms with Gasteiger partial charge in [0.1, 0.15) is 22.8 Å². The van der Waals surface area contributed by atoms with E-state index in [4.69, 9.17) is 5.73 Å². The fraction of sp³-hybridized carbons (Fsp3) is 0.536. The summed E-state index contributed by atoms with van der Waals surface area (Å²) >= 11 is 0. The summed E-state index contributed by atoms with van der Waals surface area (Å²) in [5.74, 6) is -6.75. The third kappa shape index (κ3) is 4.35. The van der Waals surface area contributed by atoms with E-state index in [0.29, 0.717) is 23.2 Å². The summed E-state index contributed by atoms with van der Waals surface area (Å²) in [5.41, 5.74) is 3.47. The van der Waals surface area contributed by atoms with Crippen LogP contribution in [0.15, 0.2) is 23.0 Å². The van der Waals surface area contributed by atoms with Gasteiger partial charge in [-0.15, -0.1) is 0 Å². The minimum absolute atomic E-state index is 0.00733. The number of aromatic hydroxyl groups is 1. The number of ketones is 2. The molecule has 40 heavy (non-hydrogen) atoms. The van der Waals surface area contributed by atoms with E-state index < -0.39 is 58.0 Å². The van der Waals surface area contributed by atoms with Crippen molar-refractivity contribution in [3.63, 3.8) is 0 Å². The molecule has 0 radical (unpaired) electrons. The Balaban J connectivity index is 1.91. The molecule has 12 heteroatoms. The van der Waals surface area contributed by atoms with Crippen molar-refractivity contribution in [2.24, 2.45) is 17.6 Å². The van der Waals surface area contributed by atoms with E-state index in [2.05, 4.69) is 5.32 Å². The van der Waals surface area contributed by atoms with Crippen LogP contribution in [0.2, 0.25) is 0 Å². The second-order valence-corrected chi connectivity index (χ2v) is 11.4. The first-order valence-electron chi connectivity index (χ1n) is 13.2. The number of hydrogen-bond acceptors (Lipinski definition) is 11. The van der Waals surface area contributed by atoms with Crippen LogP contribution in [0.1, 0.15) is 36.5 Å². The first-order chi connectivity index (χ1) is 18.7. The minimum atomic E-state index is -2.68. The summed E-state index contributed by atoms with van der Waals surface area (Å²) in [6, 6.07) is 0.610. The normalized spacial score (nSPS) is 26.9. The molecular weight excluding hydrogens is 520 g/mol. The zero-order chi connectivity index (χ0) is 29.8. The predicted molar refractivity (Wildman–Crippen MR) is 147 cm³/mol. The molecule has 8 N–H and O–H groups in total. The molecule has 0 heterocycles. The quantitative estimate of drug-likeness (QED) is 0.210. The van der Waals surface area contributed by atoms with Crippen molar-refractivity contribution in [3.05, 3.63) is 39.7 Å². The molecule has 2 unspecified atom stereocenters. The Morgan fingerprint density at radius 2 is 1.85 bits per heavy atom. The van der Waals surface area contributed by atoms with Crippen molar-refractivity contribution < 1.29 is 39.9 Å². The Kier molecular flexibility index (Phi) is 7.76. The molecule has 1 aromatic rings.